The van der Waals surface area contributed by atoms with E-state index in [4.69, 9.17) is 0 Å². The molecule has 1 rings (SSSR count). The molecule has 0 bridgehead atoms. The van der Waals surface area contributed by atoms with Crippen LogP contribution in [0.15, 0.2) is 0 Å². The first-order chi connectivity index (χ1) is 5.56. The summed E-state index contributed by atoms with van der Waals surface area (Å²) in [4.78, 5) is 10.9. The van der Waals surface area contributed by atoms with Crippen molar-refractivity contribution < 1.29 is 13.2 Å². The summed E-state index contributed by atoms with van der Waals surface area (Å²) in [5, 5.41) is 0. The Hall–Kier alpha value is -0.460. The fraction of sp³-hybridized carbons (Fsp3) is 0.833. The Morgan fingerprint density at radius 1 is 1.50 bits per heavy atom. The van der Waals surface area contributed by atoms with E-state index in [0.717, 1.165) is 0 Å². The minimum absolute atomic E-state index is 0.0138. The number of hydrogen-bond donors (Lipinski definition) is 1. The summed E-state index contributed by atoms with van der Waals surface area (Å²) in [7, 11) is -2.05. The molecule has 1 fully saturated rings. The van der Waals surface area contributed by atoms with Crippen molar-refractivity contribution in [3.05, 3.63) is 0 Å². The lowest BCUT2D eigenvalue weighted by Crippen LogP contribution is -2.44. The number of piperidine rings is 1. The number of carbonyl (C=O) groups is 1. The molecular weight excluding hydrogens is 180 g/mol. The molecule has 12 heavy (non-hydrogen) atoms. The SMILES string of the molecule is CNS(=O)(=O)N1CCCC(=O)C1. The molecule has 0 aromatic rings. The first kappa shape index (κ1) is 9.63. The smallest absolute Gasteiger partial charge is 0.279 e. The van der Waals surface area contributed by atoms with Crippen molar-refractivity contribution in [2.45, 2.75) is 12.8 Å². The number of rotatable bonds is 2. The van der Waals surface area contributed by atoms with E-state index in [0.29, 0.717) is 19.4 Å². The summed E-state index contributed by atoms with van der Waals surface area (Å²) in [6.45, 7) is 0.456. The van der Waals surface area contributed by atoms with Crippen molar-refractivity contribution in [1.82, 2.24) is 9.03 Å². The molecule has 0 unspecified atom stereocenters. The van der Waals surface area contributed by atoms with Crippen LogP contribution in [0.3, 0.4) is 0 Å². The molecule has 0 aromatic carbocycles. The van der Waals surface area contributed by atoms with Gasteiger partial charge in [-0.05, 0) is 6.42 Å². The van der Waals surface area contributed by atoms with Gasteiger partial charge in [-0.15, -0.1) is 0 Å². The van der Waals surface area contributed by atoms with E-state index in [2.05, 4.69) is 4.72 Å². The molecule has 0 aromatic heterocycles. The summed E-state index contributed by atoms with van der Waals surface area (Å²) in [5.74, 6) is -0.0138. The van der Waals surface area contributed by atoms with Gasteiger partial charge in [0.05, 0.1) is 6.54 Å². The number of hydrogen-bond acceptors (Lipinski definition) is 3. The zero-order valence-corrected chi connectivity index (χ0v) is 7.73. The van der Waals surface area contributed by atoms with Crippen molar-refractivity contribution in [3.8, 4) is 0 Å². The molecule has 1 aliphatic heterocycles. The Labute approximate surface area is 71.9 Å². The average molecular weight is 192 g/mol. The normalized spacial score (nSPS) is 21.2. The third-order valence-corrected chi connectivity index (χ3v) is 3.32. The third-order valence-electron chi connectivity index (χ3n) is 1.81. The first-order valence-corrected chi connectivity index (χ1v) is 5.20. The number of nitrogens with zero attached hydrogens (tertiary/aromatic N) is 1. The number of ketones is 1. The Morgan fingerprint density at radius 3 is 2.67 bits per heavy atom. The van der Waals surface area contributed by atoms with Crippen LogP contribution in [-0.4, -0.2) is 38.6 Å². The Morgan fingerprint density at radius 2 is 2.17 bits per heavy atom. The van der Waals surface area contributed by atoms with Gasteiger partial charge in [-0.2, -0.15) is 12.7 Å². The molecule has 1 aliphatic rings. The van der Waals surface area contributed by atoms with Gasteiger partial charge in [0.25, 0.3) is 10.2 Å². The molecule has 0 spiro atoms. The van der Waals surface area contributed by atoms with Gasteiger partial charge in [0.2, 0.25) is 0 Å². The number of carbonyl (C=O) groups excluding carboxylic acids is 1. The van der Waals surface area contributed by atoms with Crippen molar-refractivity contribution in [2.24, 2.45) is 0 Å². The maximum absolute atomic E-state index is 11.2. The molecule has 0 radical (unpaired) electrons. The summed E-state index contributed by atoms with van der Waals surface area (Å²) in [5.41, 5.74) is 0. The van der Waals surface area contributed by atoms with Crippen LogP contribution >= 0.6 is 0 Å². The van der Waals surface area contributed by atoms with Crippen molar-refractivity contribution in [3.63, 3.8) is 0 Å². The molecule has 5 nitrogen and oxygen atoms in total. The van der Waals surface area contributed by atoms with Gasteiger partial charge in [-0.1, -0.05) is 0 Å². The highest BCUT2D eigenvalue weighted by molar-refractivity contribution is 7.87. The number of Topliss-reactive ketones (excluding diaryl/α,β-unsaturated/α-hetero) is 1. The van der Waals surface area contributed by atoms with Crippen LogP contribution in [0, 0.1) is 0 Å². The summed E-state index contributed by atoms with van der Waals surface area (Å²) >= 11 is 0. The lowest BCUT2D eigenvalue weighted by Gasteiger charge is -2.23. The highest BCUT2D eigenvalue weighted by Gasteiger charge is 2.25. The third kappa shape index (κ3) is 2.02. The van der Waals surface area contributed by atoms with E-state index in [-0.39, 0.29) is 12.3 Å². The zero-order valence-electron chi connectivity index (χ0n) is 6.91. The zero-order chi connectivity index (χ0) is 9.19. The molecule has 70 valence electrons. The molecule has 1 saturated heterocycles. The molecule has 6 heteroatoms. The predicted molar refractivity (Wildman–Crippen MR) is 43.8 cm³/mol. The van der Waals surface area contributed by atoms with Gasteiger partial charge in [-0.25, -0.2) is 4.72 Å². The van der Waals surface area contributed by atoms with Gasteiger partial charge in [0.1, 0.15) is 5.78 Å². The van der Waals surface area contributed by atoms with Crippen molar-refractivity contribution >= 4 is 16.0 Å². The second-order valence-electron chi connectivity index (χ2n) is 2.68. The molecule has 1 heterocycles. The Bertz CT molecular complexity index is 273. The van der Waals surface area contributed by atoms with Crippen molar-refractivity contribution in [1.29, 1.82) is 0 Å². The predicted octanol–water partition coefficient (Wildman–Crippen LogP) is -0.885. The van der Waals surface area contributed by atoms with E-state index in [1.54, 1.807) is 0 Å². The first-order valence-electron chi connectivity index (χ1n) is 3.76. The molecule has 0 amide bonds. The maximum atomic E-state index is 11.2. The monoisotopic (exact) mass is 192 g/mol. The minimum atomic E-state index is -3.39. The van der Waals surface area contributed by atoms with Crippen LogP contribution in [0.1, 0.15) is 12.8 Å². The molecule has 1 N–H and O–H groups in total. The van der Waals surface area contributed by atoms with E-state index in [1.807, 2.05) is 0 Å². The average Bonchev–Trinajstić information content (AvgIpc) is 2.05. The van der Waals surface area contributed by atoms with Crippen LogP contribution < -0.4 is 4.72 Å². The standard InChI is InChI=1S/C6H12N2O3S/c1-7-12(10,11)8-4-2-3-6(9)5-8/h7H,2-5H2,1H3. The van der Waals surface area contributed by atoms with Crippen LogP contribution in [0.4, 0.5) is 0 Å². The van der Waals surface area contributed by atoms with Gasteiger partial charge in [0, 0.05) is 20.0 Å². The van der Waals surface area contributed by atoms with Crippen LogP contribution in [0.25, 0.3) is 0 Å². The highest BCUT2D eigenvalue weighted by Crippen LogP contribution is 2.08. The number of nitrogens with one attached hydrogen (secondary N) is 1. The largest absolute Gasteiger partial charge is 0.298 e. The van der Waals surface area contributed by atoms with E-state index in [1.165, 1.54) is 11.4 Å². The molecule has 0 aliphatic carbocycles. The van der Waals surface area contributed by atoms with E-state index in [9.17, 15) is 13.2 Å². The second-order valence-corrected chi connectivity index (χ2v) is 4.56. The van der Waals surface area contributed by atoms with E-state index >= 15 is 0 Å². The lowest BCUT2D eigenvalue weighted by molar-refractivity contribution is -0.120. The molecular formula is C6H12N2O3S. The topological polar surface area (TPSA) is 66.5 Å². The van der Waals surface area contributed by atoms with Gasteiger partial charge in [0.15, 0.2) is 0 Å². The summed E-state index contributed by atoms with van der Waals surface area (Å²) in [6.07, 6.45) is 1.12. The minimum Gasteiger partial charge on any atom is -0.298 e. The lowest BCUT2D eigenvalue weighted by atomic mass is 10.1. The quantitative estimate of drug-likeness (QED) is 0.617. The van der Waals surface area contributed by atoms with Crippen molar-refractivity contribution in [2.75, 3.05) is 20.1 Å². The van der Waals surface area contributed by atoms with Crippen LogP contribution in [-0.2, 0) is 15.0 Å². The van der Waals surface area contributed by atoms with Gasteiger partial charge < -0.3 is 0 Å². The van der Waals surface area contributed by atoms with Crippen LogP contribution in [0.2, 0.25) is 0 Å². The fourth-order valence-electron chi connectivity index (χ4n) is 1.14. The Kier molecular flexibility index (Phi) is 2.81. The summed E-state index contributed by atoms with van der Waals surface area (Å²) in [6, 6.07) is 0. The molecule has 0 atom stereocenters. The maximum Gasteiger partial charge on any atom is 0.279 e. The second kappa shape index (κ2) is 3.51. The fourth-order valence-corrected chi connectivity index (χ4v) is 2.08. The van der Waals surface area contributed by atoms with Crippen LogP contribution in [0.5, 0.6) is 0 Å². The van der Waals surface area contributed by atoms with Gasteiger partial charge in [-0.3, -0.25) is 4.79 Å². The van der Waals surface area contributed by atoms with E-state index < -0.39 is 10.2 Å². The van der Waals surface area contributed by atoms with Gasteiger partial charge >= 0.3 is 0 Å². The Balaban J connectivity index is 2.70. The molecule has 0 saturated carbocycles. The highest BCUT2D eigenvalue weighted by atomic mass is 32.2. The summed E-state index contributed by atoms with van der Waals surface area (Å²) < 4.78 is 25.7.